The predicted molar refractivity (Wildman–Crippen MR) is 105 cm³/mol. The van der Waals surface area contributed by atoms with Gasteiger partial charge in [-0.15, -0.1) is 0 Å². The van der Waals surface area contributed by atoms with E-state index in [0.717, 1.165) is 5.56 Å². The Morgan fingerprint density at radius 1 is 1.19 bits per heavy atom. The average Bonchev–Trinajstić information content (AvgIpc) is 2.81. The normalized spacial score (nSPS) is 18.6. The fraction of sp³-hybridized carbons (Fsp3) is 0.300. The van der Waals surface area contributed by atoms with Crippen molar-refractivity contribution in [2.75, 3.05) is 18.1 Å². The number of aliphatic hydroxyl groups is 1. The molecule has 142 valence electrons. The van der Waals surface area contributed by atoms with Crippen LogP contribution in [0.1, 0.15) is 24.5 Å². The van der Waals surface area contributed by atoms with Crippen LogP contribution in [0, 0.1) is 6.92 Å². The summed E-state index contributed by atoms with van der Waals surface area (Å²) in [5.74, 6) is -0.242. The van der Waals surface area contributed by atoms with Gasteiger partial charge in [0.1, 0.15) is 18.1 Å². The van der Waals surface area contributed by atoms with Crippen LogP contribution < -0.4 is 9.64 Å². The third kappa shape index (κ3) is 3.68. The third-order valence-electron chi connectivity index (χ3n) is 4.49. The molecule has 0 saturated carbocycles. The number of benzene rings is 2. The van der Waals surface area contributed by atoms with Crippen molar-refractivity contribution >= 4 is 40.6 Å². The lowest BCUT2D eigenvalue weighted by atomic mass is 9.90. The molecule has 0 bridgehead atoms. The van der Waals surface area contributed by atoms with Gasteiger partial charge >= 0.3 is 0 Å². The molecule has 1 amide bonds. The van der Waals surface area contributed by atoms with E-state index in [-0.39, 0.29) is 41.0 Å². The monoisotopic (exact) mass is 407 g/mol. The first-order valence-electron chi connectivity index (χ1n) is 8.46. The molecule has 3 rings (SSSR count). The van der Waals surface area contributed by atoms with Gasteiger partial charge in [-0.1, -0.05) is 47.0 Å². The summed E-state index contributed by atoms with van der Waals surface area (Å²) in [4.78, 5) is 25.9. The Bertz CT molecular complexity index is 898. The van der Waals surface area contributed by atoms with Crippen LogP contribution in [0.15, 0.2) is 36.4 Å². The van der Waals surface area contributed by atoms with E-state index in [4.69, 9.17) is 27.9 Å². The minimum atomic E-state index is -1.95. The van der Waals surface area contributed by atoms with Gasteiger partial charge in [0, 0.05) is 12.0 Å². The smallest absolute Gasteiger partial charge is 0.264 e. The Balaban J connectivity index is 1.87. The largest absolute Gasteiger partial charge is 0.492 e. The maximum absolute atomic E-state index is 12.9. The highest BCUT2D eigenvalue weighted by molar-refractivity contribution is 6.44. The van der Waals surface area contributed by atoms with Gasteiger partial charge in [-0.2, -0.15) is 0 Å². The van der Waals surface area contributed by atoms with Crippen molar-refractivity contribution < 1.29 is 19.4 Å². The molecule has 0 saturated heterocycles. The van der Waals surface area contributed by atoms with Crippen LogP contribution in [0.3, 0.4) is 0 Å². The van der Waals surface area contributed by atoms with E-state index in [1.54, 1.807) is 0 Å². The average molecular weight is 408 g/mol. The van der Waals surface area contributed by atoms with Crippen LogP contribution in [0.2, 0.25) is 10.0 Å². The zero-order chi connectivity index (χ0) is 19.8. The molecule has 1 atom stereocenters. The van der Waals surface area contributed by atoms with Crippen molar-refractivity contribution in [3.05, 3.63) is 57.6 Å². The molecule has 1 aliphatic heterocycles. The number of halogens is 2. The fourth-order valence-corrected chi connectivity index (χ4v) is 3.63. The Morgan fingerprint density at radius 2 is 1.85 bits per heavy atom. The molecule has 1 N–H and O–H groups in total. The lowest BCUT2D eigenvalue weighted by molar-refractivity contribution is -0.141. The first-order valence-corrected chi connectivity index (χ1v) is 9.21. The highest BCUT2D eigenvalue weighted by Crippen LogP contribution is 2.48. The third-order valence-corrected chi connectivity index (χ3v) is 5.29. The number of nitrogens with zero attached hydrogens (tertiary/aromatic N) is 1. The second kappa shape index (κ2) is 7.50. The summed E-state index contributed by atoms with van der Waals surface area (Å²) in [6.45, 7) is 3.64. The molecule has 0 aromatic heterocycles. The quantitative estimate of drug-likeness (QED) is 0.788. The molecule has 7 heteroatoms. The highest BCUT2D eigenvalue weighted by atomic mass is 35.5. The van der Waals surface area contributed by atoms with E-state index in [1.807, 2.05) is 31.2 Å². The summed E-state index contributed by atoms with van der Waals surface area (Å²) in [7, 11) is 0. The Kier molecular flexibility index (Phi) is 5.47. The van der Waals surface area contributed by atoms with E-state index in [9.17, 15) is 14.7 Å². The van der Waals surface area contributed by atoms with Gasteiger partial charge in [0.15, 0.2) is 5.60 Å². The Hall–Kier alpha value is -2.08. The van der Waals surface area contributed by atoms with E-state index in [1.165, 1.54) is 24.0 Å². The van der Waals surface area contributed by atoms with Crippen molar-refractivity contribution in [1.29, 1.82) is 0 Å². The molecular formula is C20H19Cl2NO4. The molecule has 0 spiro atoms. The number of fused-ring (bicyclic) bond motifs is 1. The maximum Gasteiger partial charge on any atom is 0.264 e. The second-order valence-electron chi connectivity index (χ2n) is 6.61. The van der Waals surface area contributed by atoms with E-state index in [2.05, 4.69) is 0 Å². The molecule has 1 aliphatic rings. The number of rotatable bonds is 6. The summed E-state index contributed by atoms with van der Waals surface area (Å²) in [6, 6.07) is 10.6. The van der Waals surface area contributed by atoms with Crippen molar-refractivity contribution in [2.45, 2.75) is 25.9 Å². The van der Waals surface area contributed by atoms with Gasteiger partial charge in [-0.3, -0.25) is 9.59 Å². The number of amides is 1. The lowest BCUT2D eigenvalue weighted by Crippen LogP contribution is -2.43. The molecular weight excluding hydrogens is 389 g/mol. The molecule has 0 aliphatic carbocycles. The fourth-order valence-electron chi connectivity index (χ4n) is 3.21. The number of ether oxygens (including phenoxy) is 1. The van der Waals surface area contributed by atoms with Crippen molar-refractivity contribution in [1.82, 2.24) is 0 Å². The zero-order valence-electron chi connectivity index (χ0n) is 15.0. The number of aryl methyl sites for hydroxylation is 1. The molecule has 27 heavy (non-hydrogen) atoms. The van der Waals surface area contributed by atoms with Crippen LogP contribution in [0.5, 0.6) is 5.75 Å². The van der Waals surface area contributed by atoms with Gasteiger partial charge in [0.05, 0.1) is 22.3 Å². The summed E-state index contributed by atoms with van der Waals surface area (Å²) in [5.41, 5.74) is -0.223. The van der Waals surface area contributed by atoms with Crippen LogP contribution in [-0.2, 0) is 15.2 Å². The van der Waals surface area contributed by atoms with Crippen molar-refractivity contribution in [3.63, 3.8) is 0 Å². The first-order chi connectivity index (χ1) is 12.7. The molecule has 5 nitrogen and oxygen atoms in total. The van der Waals surface area contributed by atoms with Crippen LogP contribution in [0.25, 0.3) is 0 Å². The summed E-state index contributed by atoms with van der Waals surface area (Å²) in [5, 5.41) is 11.4. The maximum atomic E-state index is 12.9. The Morgan fingerprint density at radius 3 is 2.48 bits per heavy atom. The first kappa shape index (κ1) is 19.7. The van der Waals surface area contributed by atoms with E-state index >= 15 is 0 Å². The summed E-state index contributed by atoms with van der Waals surface area (Å²) < 4.78 is 5.69. The summed E-state index contributed by atoms with van der Waals surface area (Å²) in [6.07, 6.45) is -0.327. The van der Waals surface area contributed by atoms with Gasteiger partial charge in [0.2, 0.25) is 0 Å². The number of anilines is 1. The number of carbonyl (C=O) groups excluding carboxylic acids is 2. The molecule has 2 aromatic rings. The van der Waals surface area contributed by atoms with Crippen molar-refractivity contribution in [3.8, 4) is 5.75 Å². The number of ketones is 1. The van der Waals surface area contributed by atoms with Gasteiger partial charge in [-0.25, -0.2) is 0 Å². The second-order valence-corrected chi connectivity index (χ2v) is 7.40. The van der Waals surface area contributed by atoms with Crippen LogP contribution in [0.4, 0.5) is 5.69 Å². The molecule has 0 radical (unpaired) electrons. The highest BCUT2D eigenvalue weighted by Gasteiger charge is 2.51. The molecule has 2 aromatic carbocycles. The number of hydrogen-bond donors (Lipinski definition) is 1. The topological polar surface area (TPSA) is 66.8 Å². The predicted octanol–water partition coefficient (Wildman–Crippen LogP) is 3.89. The minimum Gasteiger partial charge on any atom is -0.492 e. The molecule has 1 heterocycles. The standard InChI is InChI=1S/C20H19Cl2NO4/c1-12-3-5-14(6-4-12)27-10-9-23-18-15(7-8-16(21)17(18)22)20(26,19(23)25)11-13(2)24/h3-8,26H,9-11H2,1-2H3. The van der Waals surface area contributed by atoms with E-state index < -0.39 is 11.5 Å². The SMILES string of the molecule is CC(=O)CC1(O)C(=O)N(CCOc2ccc(C)cc2)c2c1ccc(Cl)c2Cl. The molecule has 0 fully saturated rings. The number of hydrogen-bond acceptors (Lipinski definition) is 4. The minimum absolute atomic E-state index is 0.153. The van der Waals surface area contributed by atoms with Crippen LogP contribution in [-0.4, -0.2) is 29.9 Å². The lowest BCUT2D eigenvalue weighted by Gasteiger charge is -2.22. The summed E-state index contributed by atoms with van der Waals surface area (Å²) >= 11 is 12.4. The number of Topliss-reactive ketones (excluding diaryl/α,β-unsaturated/α-hetero) is 1. The van der Waals surface area contributed by atoms with E-state index in [0.29, 0.717) is 11.4 Å². The number of carbonyl (C=O) groups is 2. The molecule has 1 unspecified atom stereocenters. The van der Waals surface area contributed by atoms with Gasteiger partial charge < -0.3 is 14.7 Å². The van der Waals surface area contributed by atoms with Crippen LogP contribution >= 0.6 is 23.2 Å². The van der Waals surface area contributed by atoms with Gasteiger partial charge in [-0.05, 0) is 32.0 Å². The Labute approximate surface area is 167 Å². The van der Waals surface area contributed by atoms with Gasteiger partial charge in [0.25, 0.3) is 5.91 Å². The van der Waals surface area contributed by atoms with Crippen molar-refractivity contribution in [2.24, 2.45) is 0 Å². The zero-order valence-corrected chi connectivity index (χ0v) is 16.5.